The van der Waals surface area contributed by atoms with Crippen LogP contribution >= 0.6 is 7.82 Å². The zero-order chi connectivity index (χ0) is 21.8. The van der Waals surface area contributed by atoms with Crippen molar-refractivity contribution in [2.75, 3.05) is 6.61 Å². The summed E-state index contributed by atoms with van der Waals surface area (Å²) in [6, 6.07) is 6.78. The Bertz CT molecular complexity index is 796. The molecule has 30 heavy (non-hydrogen) atoms. The van der Waals surface area contributed by atoms with E-state index in [1.54, 1.807) is 0 Å². The number of phosphoric acid groups is 1. The van der Waals surface area contributed by atoms with E-state index < -0.39 is 13.4 Å². The summed E-state index contributed by atoms with van der Waals surface area (Å²) in [7, 11) is -4.50. The Labute approximate surface area is 179 Å². The van der Waals surface area contributed by atoms with Crippen LogP contribution in [0.5, 0.6) is 0 Å². The van der Waals surface area contributed by atoms with Gasteiger partial charge in [-0.2, -0.15) is 0 Å². The zero-order valence-electron chi connectivity index (χ0n) is 17.8. The molecule has 5 N–H and O–H groups in total. The smallest absolute Gasteiger partial charge is 0.353 e. The molecule has 2 aliphatic rings. The van der Waals surface area contributed by atoms with Crippen LogP contribution in [0, 0.1) is 0 Å². The third-order valence-electron chi connectivity index (χ3n) is 6.47. The molecule has 0 radical (unpaired) electrons. The van der Waals surface area contributed by atoms with Crippen LogP contribution in [-0.4, -0.2) is 33.9 Å². The van der Waals surface area contributed by atoms with Crippen LogP contribution in [0.1, 0.15) is 80.9 Å². The van der Waals surface area contributed by atoms with E-state index in [0.717, 1.165) is 44.9 Å². The summed E-state index contributed by atoms with van der Waals surface area (Å²) in [5.74, 6) is 0.438. The van der Waals surface area contributed by atoms with Gasteiger partial charge in [0.15, 0.2) is 0 Å². The summed E-state index contributed by atoms with van der Waals surface area (Å²) >= 11 is 0. The van der Waals surface area contributed by atoms with Gasteiger partial charge < -0.3 is 20.8 Å². The first-order chi connectivity index (χ1) is 14.2. The van der Waals surface area contributed by atoms with Crippen LogP contribution in [0.25, 0.3) is 0 Å². The van der Waals surface area contributed by atoms with Crippen molar-refractivity contribution in [2.24, 2.45) is 5.73 Å². The monoisotopic (exact) mass is 438 g/mol. The number of phosphoric ester groups is 1. The van der Waals surface area contributed by atoms with Gasteiger partial charge in [-0.25, -0.2) is 4.57 Å². The number of aryl methyl sites for hydroxylation is 1. The third-order valence-corrected chi connectivity index (χ3v) is 6.93. The Hall–Kier alpha value is -1.24. The van der Waals surface area contributed by atoms with E-state index in [0.29, 0.717) is 19.3 Å². The van der Waals surface area contributed by atoms with Crippen molar-refractivity contribution in [3.8, 4) is 0 Å². The molecule has 0 spiro atoms. The SMILES string of the molecule is CCCCCC(=O)NC1CCc2cc([C@H]3CC[C@](N)(COP(=O)(O)O)C3)ccc2C1. The second-order valence-corrected chi connectivity index (χ2v) is 10.3. The third kappa shape index (κ3) is 6.63. The molecular weight excluding hydrogens is 403 g/mol. The second-order valence-electron chi connectivity index (χ2n) is 9.06. The molecule has 3 rings (SSSR count). The van der Waals surface area contributed by atoms with Gasteiger partial charge in [0.2, 0.25) is 5.91 Å². The van der Waals surface area contributed by atoms with Crippen molar-refractivity contribution in [3.05, 3.63) is 34.9 Å². The van der Waals surface area contributed by atoms with Crippen LogP contribution in [-0.2, 0) is 26.7 Å². The van der Waals surface area contributed by atoms with E-state index in [4.69, 9.17) is 15.5 Å². The van der Waals surface area contributed by atoms with E-state index in [2.05, 4.69) is 35.0 Å². The molecule has 7 nitrogen and oxygen atoms in total. The molecular formula is C22H35N2O5P. The fourth-order valence-electron chi connectivity index (χ4n) is 4.77. The summed E-state index contributed by atoms with van der Waals surface area (Å²) in [4.78, 5) is 30.0. The molecule has 168 valence electrons. The zero-order valence-corrected chi connectivity index (χ0v) is 18.7. The maximum Gasteiger partial charge on any atom is 0.469 e. The molecule has 0 saturated heterocycles. The number of nitrogens with two attached hydrogens (primary N) is 1. The summed E-state index contributed by atoms with van der Waals surface area (Å²) in [6.07, 6.45) is 8.79. The molecule has 8 heteroatoms. The van der Waals surface area contributed by atoms with E-state index in [9.17, 15) is 9.36 Å². The van der Waals surface area contributed by atoms with Crippen LogP contribution in [0.2, 0.25) is 0 Å². The molecule has 3 atom stereocenters. The molecule has 1 aromatic carbocycles. The molecule has 1 fully saturated rings. The van der Waals surface area contributed by atoms with Crippen molar-refractivity contribution >= 4 is 13.7 Å². The summed E-state index contributed by atoms with van der Waals surface area (Å²) in [5.41, 5.74) is 9.50. The number of amides is 1. The molecule has 1 saturated carbocycles. The number of benzene rings is 1. The number of fused-ring (bicyclic) bond motifs is 1. The van der Waals surface area contributed by atoms with Gasteiger partial charge in [0.25, 0.3) is 0 Å². The van der Waals surface area contributed by atoms with Crippen LogP contribution in [0.3, 0.4) is 0 Å². The van der Waals surface area contributed by atoms with Gasteiger partial charge in [-0.05, 0) is 67.6 Å². The number of rotatable bonds is 9. The first-order valence-corrected chi connectivity index (χ1v) is 12.6. The van der Waals surface area contributed by atoms with E-state index in [-0.39, 0.29) is 24.5 Å². The molecule has 0 bridgehead atoms. The van der Waals surface area contributed by atoms with Gasteiger partial charge >= 0.3 is 7.82 Å². The maximum atomic E-state index is 12.1. The second kappa shape index (κ2) is 9.92. The van der Waals surface area contributed by atoms with E-state index >= 15 is 0 Å². The topological polar surface area (TPSA) is 122 Å². The van der Waals surface area contributed by atoms with Crippen molar-refractivity contribution in [1.82, 2.24) is 5.32 Å². The highest BCUT2D eigenvalue weighted by Gasteiger charge is 2.38. The highest BCUT2D eigenvalue weighted by Crippen LogP contribution is 2.44. The lowest BCUT2D eigenvalue weighted by Gasteiger charge is -2.27. The lowest BCUT2D eigenvalue weighted by atomic mass is 9.84. The molecule has 2 aliphatic carbocycles. The quantitative estimate of drug-likeness (QED) is 0.347. The highest BCUT2D eigenvalue weighted by molar-refractivity contribution is 7.46. The molecule has 0 aliphatic heterocycles. The Morgan fingerprint density at radius 3 is 2.83 bits per heavy atom. The number of carbonyl (C=O) groups excluding carboxylic acids is 1. The Morgan fingerprint density at radius 1 is 1.30 bits per heavy atom. The fraction of sp³-hybridized carbons (Fsp3) is 0.682. The van der Waals surface area contributed by atoms with Crippen LogP contribution < -0.4 is 11.1 Å². The fourth-order valence-corrected chi connectivity index (χ4v) is 5.20. The Kier molecular flexibility index (Phi) is 7.75. The lowest BCUT2D eigenvalue weighted by Crippen LogP contribution is -2.41. The minimum absolute atomic E-state index is 0.127. The van der Waals surface area contributed by atoms with Gasteiger partial charge in [-0.15, -0.1) is 0 Å². The lowest BCUT2D eigenvalue weighted by molar-refractivity contribution is -0.122. The van der Waals surface area contributed by atoms with Crippen molar-refractivity contribution < 1.29 is 23.7 Å². The first-order valence-electron chi connectivity index (χ1n) is 11.1. The summed E-state index contributed by atoms with van der Waals surface area (Å²) in [6.45, 7) is 2.01. The molecule has 1 amide bonds. The minimum Gasteiger partial charge on any atom is -0.353 e. The average Bonchev–Trinajstić information content (AvgIpc) is 3.08. The van der Waals surface area contributed by atoms with E-state index in [1.807, 2.05) is 0 Å². The molecule has 1 unspecified atom stereocenters. The highest BCUT2D eigenvalue weighted by atomic mass is 31.2. The van der Waals surface area contributed by atoms with Gasteiger partial charge in [-0.1, -0.05) is 38.0 Å². The Morgan fingerprint density at radius 2 is 2.10 bits per heavy atom. The standard InChI is InChI=1S/C22H35N2O5P/c1-2-3-4-5-21(25)24-20-9-8-16-12-17(6-7-18(16)13-20)19-10-11-22(23,14-19)15-29-30(26,27)28/h6-7,12,19-20H,2-5,8-11,13-15,23H2,1H3,(H,24,25)(H2,26,27,28)/t19-,20?,22+/m0/s1. The van der Waals surface area contributed by atoms with Crippen LogP contribution in [0.15, 0.2) is 18.2 Å². The van der Waals surface area contributed by atoms with Gasteiger partial charge in [0.1, 0.15) is 0 Å². The van der Waals surface area contributed by atoms with Gasteiger partial charge in [0.05, 0.1) is 6.61 Å². The number of hydrogen-bond donors (Lipinski definition) is 4. The largest absolute Gasteiger partial charge is 0.469 e. The normalized spacial score (nSPS) is 26.4. The van der Waals surface area contributed by atoms with Crippen LogP contribution in [0.4, 0.5) is 0 Å². The van der Waals surface area contributed by atoms with E-state index in [1.165, 1.54) is 16.7 Å². The minimum atomic E-state index is -4.50. The molecule has 1 aromatic rings. The predicted molar refractivity (Wildman–Crippen MR) is 116 cm³/mol. The van der Waals surface area contributed by atoms with Crippen molar-refractivity contribution in [3.63, 3.8) is 0 Å². The predicted octanol–water partition coefficient (Wildman–Crippen LogP) is 3.31. The van der Waals surface area contributed by atoms with Gasteiger partial charge in [0, 0.05) is 18.0 Å². The van der Waals surface area contributed by atoms with Gasteiger partial charge in [-0.3, -0.25) is 9.32 Å². The van der Waals surface area contributed by atoms with Crippen molar-refractivity contribution in [1.29, 1.82) is 0 Å². The number of nitrogens with one attached hydrogen (secondary N) is 1. The number of carbonyl (C=O) groups is 1. The molecule has 0 aromatic heterocycles. The Balaban J connectivity index is 1.55. The van der Waals surface area contributed by atoms with Crippen molar-refractivity contribution in [2.45, 2.75) is 88.6 Å². The first kappa shape index (κ1) is 23.4. The summed E-state index contributed by atoms with van der Waals surface area (Å²) < 4.78 is 15.7. The summed E-state index contributed by atoms with van der Waals surface area (Å²) in [5, 5.41) is 3.19. The average molecular weight is 439 g/mol. The molecule has 0 heterocycles. The number of unbranched alkanes of at least 4 members (excludes halogenated alkanes) is 2. The maximum absolute atomic E-state index is 12.1. The number of hydrogen-bond acceptors (Lipinski definition) is 4.